The van der Waals surface area contributed by atoms with Gasteiger partial charge in [-0.3, -0.25) is 9.59 Å². The van der Waals surface area contributed by atoms with E-state index in [9.17, 15) is 9.59 Å². The summed E-state index contributed by atoms with van der Waals surface area (Å²) in [5.41, 5.74) is 1.46. The summed E-state index contributed by atoms with van der Waals surface area (Å²) in [6.07, 6.45) is 9.09. The Morgan fingerprint density at radius 2 is 1.77 bits per heavy atom. The first-order valence-electron chi connectivity index (χ1n) is 8.82. The minimum Gasteiger partial charge on any atom is -0.299 e. The van der Waals surface area contributed by atoms with Crippen molar-refractivity contribution in [3.05, 3.63) is 11.6 Å². The molecule has 0 saturated heterocycles. The second-order valence-electron chi connectivity index (χ2n) is 8.54. The molecule has 0 heterocycles. The van der Waals surface area contributed by atoms with E-state index in [1.165, 1.54) is 12.0 Å². The highest BCUT2D eigenvalue weighted by Gasteiger charge is 2.59. The summed E-state index contributed by atoms with van der Waals surface area (Å²) in [6, 6.07) is 0. The van der Waals surface area contributed by atoms with Crippen molar-refractivity contribution in [2.24, 2.45) is 28.6 Å². The van der Waals surface area contributed by atoms with Crippen LogP contribution in [0.4, 0.5) is 0 Å². The van der Waals surface area contributed by atoms with Gasteiger partial charge in [0.1, 0.15) is 5.78 Å². The van der Waals surface area contributed by atoms with E-state index in [1.807, 2.05) is 6.08 Å². The van der Waals surface area contributed by atoms with Gasteiger partial charge in [-0.2, -0.15) is 12.6 Å². The number of carbonyl (C=O) groups excluding carboxylic acids is 2. The van der Waals surface area contributed by atoms with E-state index < -0.39 is 0 Å². The Morgan fingerprint density at radius 3 is 2.55 bits per heavy atom. The third kappa shape index (κ3) is 1.81. The number of allylic oxidation sites excluding steroid dienone is 1. The van der Waals surface area contributed by atoms with Crippen LogP contribution in [0.1, 0.15) is 58.8 Å². The van der Waals surface area contributed by atoms with Crippen LogP contribution in [0, 0.1) is 28.6 Å². The second kappa shape index (κ2) is 4.72. The monoisotopic (exact) mass is 318 g/mol. The molecule has 120 valence electrons. The van der Waals surface area contributed by atoms with Crippen molar-refractivity contribution in [3.63, 3.8) is 0 Å². The Kier molecular flexibility index (Phi) is 3.21. The van der Waals surface area contributed by atoms with E-state index in [0.29, 0.717) is 23.5 Å². The third-order valence-electron chi connectivity index (χ3n) is 7.71. The molecule has 0 bridgehead atoms. The highest BCUT2D eigenvalue weighted by Crippen LogP contribution is 2.64. The van der Waals surface area contributed by atoms with Gasteiger partial charge >= 0.3 is 0 Å². The normalized spacial score (nSPS) is 51.0. The molecular weight excluding hydrogens is 292 g/mol. The summed E-state index contributed by atoms with van der Waals surface area (Å²) < 4.78 is 0. The number of hydrogen-bond donors (Lipinski definition) is 1. The maximum atomic E-state index is 12.4. The lowest BCUT2D eigenvalue weighted by molar-refractivity contribution is -0.132. The zero-order valence-electron chi connectivity index (χ0n) is 13.6. The summed E-state index contributed by atoms with van der Waals surface area (Å²) in [6.45, 7) is 4.59. The van der Waals surface area contributed by atoms with Crippen LogP contribution in [0.25, 0.3) is 0 Å². The highest BCUT2D eigenvalue weighted by atomic mass is 32.1. The Hall–Kier alpha value is -0.570. The standard InChI is InChI=1S/C19H26O2S/c1-18-8-7-14-12(13(18)5-6-17(18)21)4-3-11-9-15(20)16(22)10-19(11,14)2/h9,12-14,16,22H,3-8,10H2,1-2H3/t12-,13-,14-,16?,18-,19-/m0/s1. The first-order chi connectivity index (χ1) is 10.4. The Bertz CT molecular complexity index is 580. The lowest BCUT2D eigenvalue weighted by Crippen LogP contribution is -2.51. The van der Waals surface area contributed by atoms with Crippen LogP contribution >= 0.6 is 12.6 Å². The van der Waals surface area contributed by atoms with Crippen LogP contribution < -0.4 is 0 Å². The van der Waals surface area contributed by atoms with Crippen LogP contribution in [-0.2, 0) is 9.59 Å². The molecule has 0 aromatic carbocycles. The van der Waals surface area contributed by atoms with Gasteiger partial charge in [0.15, 0.2) is 5.78 Å². The van der Waals surface area contributed by atoms with Crippen molar-refractivity contribution in [1.29, 1.82) is 0 Å². The molecule has 3 fully saturated rings. The van der Waals surface area contributed by atoms with Gasteiger partial charge < -0.3 is 0 Å². The third-order valence-corrected chi connectivity index (χ3v) is 8.14. The molecule has 0 radical (unpaired) electrons. The number of hydrogen-bond acceptors (Lipinski definition) is 3. The molecule has 22 heavy (non-hydrogen) atoms. The molecule has 2 nitrogen and oxygen atoms in total. The van der Waals surface area contributed by atoms with Gasteiger partial charge in [-0.25, -0.2) is 0 Å². The SMILES string of the molecule is C[C@]12CC(S)C(=O)C=C1CC[C@@H]1[C@@H]2CC[C@]2(C)C(=O)CC[C@@H]12. The second-order valence-corrected chi connectivity index (χ2v) is 9.17. The molecule has 4 aliphatic rings. The fourth-order valence-electron chi connectivity index (χ4n) is 6.39. The fraction of sp³-hybridized carbons (Fsp3) is 0.789. The summed E-state index contributed by atoms with van der Waals surface area (Å²) in [5, 5.41) is -0.133. The van der Waals surface area contributed by atoms with E-state index in [0.717, 1.165) is 38.5 Å². The minimum absolute atomic E-state index is 0.0520. The zero-order chi connectivity index (χ0) is 15.7. The van der Waals surface area contributed by atoms with Crippen molar-refractivity contribution in [3.8, 4) is 0 Å². The Balaban J connectivity index is 1.71. The van der Waals surface area contributed by atoms with Crippen LogP contribution in [0.3, 0.4) is 0 Å². The summed E-state index contributed by atoms with van der Waals surface area (Å²) in [4.78, 5) is 24.4. The van der Waals surface area contributed by atoms with Crippen molar-refractivity contribution in [1.82, 2.24) is 0 Å². The van der Waals surface area contributed by atoms with E-state index in [-0.39, 0.29) is 21.9 Å². The van der Waals surface area contributed by atoms with Crippen molar-refractivity contribution >= 4 is 24.2 Å². The molecule has 0 aromatic heterocycles. The van der Waals surface area contributed by atoms with Crippen molar-refractivity contribution in [2.45, 2.75) is 64.0 Å². The minimum atomic E-state index is -0.133. The maximum Gasteiger partial charge on any atom is 0.168 e. The summed E-state index contributed by atoms with van der Waals surface area (Å²) in [5.74, 6) is 2.59. The first kappa shape index (κ1) is 15.0. The predicted molar refractivity (Wildman–Crippen MR) is 89.9 cm³/mol. The Labute approximate surface area is 138 Å². The van der Waals surface area contributed by atoms with Gasteiger partial charge in [-0.15, -0.1) is 0 Å². The molecule has 0 N–H and O–H groups in total. The van der Waals surface area contributed by atoms with E-state index in [1.54, 1.807) is 0 Å². The number of carbonyl (C=O) groups is 2. The molecule has 4 aliphatic carbocycles. The number of ketones is 2. The van der Waals surface area contributed by atoms with Crippen LogP contribution in [0.2, 0.25) is 0 Å². The number of fused-ring (bicyclic) bond motifs is 5. The highest BCUT2D eigenvalue weighted by molar-refractivity contribution is 7.81. The average Bonchev–Trinajstić information content (AvgIpc) is 2.77. The molecule has 0 amide bonds. The van der Waals surface area contributed by atoms with E-state index in [2.05, 4.69) is 26.5 Å². The topological polar surface area (TPSA) is 34.1 Å². The molecule has 0 spiro atoms. The lowest BCUT2D eigenvalue weighted by atomic mass is 9.47. The molecule has 0 aliphatic heterocycles. The van der Waals surface area contributed by atoms with Crippen LogP contribution in [0.15, 0.2) is 11.6 Å². The van der Waals surface area contributed by atoms with Crippen LogP contribution in [-0.4, -0.2) is 16.8 Å². The molecule has 0 aromatic rings. The zero-order valence-corrected chi connectivity index (χ0v) is 14.5. The van der Waals surface area contributed by atoms with Gasteiger partial charge in [-0.05, 0) is 67.8 Å². The van der Waals surface area contributed by atoms with Gasteiger partial charge in [0.05, 0.1) is 5.25 Å². The van der Waals surface area contributed by atoms with Crippen molar-refractivity contribution in [2.75, 3.05) is 0 Å². The number of Topliss-reactive ketones (excluding diaryl/α,β-unsaturated/α-hetero) is 1. The van der Waals surface area contributed by atoms with E-state index >= 15 is 0 Å². The smallest absolute Gasteiger partial charge is 0.168 e. The molecule has 3 saturated carbocycles. The summed E-state index contributed by atoms with van der Waals surface area (Å²) in [7, 11) is 0. The number of rotatable bonds is 0. The lowest BCUT2D eigenvalue weighted by Gasteiger charge is -2.57. The van der Waals surface area contributed by atoms with Gasteiger partial charge in [0.2, 0.25) is 0 Å². The maximum absolute atomic E-state index is 12.4. The summed E-state index contributed by atoms with van der Waals surface area (Å²) >= 11 is 4.54. The molecule has 3 heteroatoms. The average molecular weight is 318 g/mol. The van der Waals surface area contributed by atoms with Gasteiger partial charge in [-0.1, -0.05) is 19.4 Å². The molecular formula is C19H26O2S. The van der Waals surface area contributed by atoms with Gasteiger partial charge in [0, 0.05) is 11.8 Å². The number of thiol groups is 1. The molecule has 1 unspecified atom stereocenters. The fourth-order valence-corrected chi connectivity index (χ4v) is 6.84. The Morgan fingerprint density at radius 1 is 1.05 bits per heavy atom. The van der Waals surface area contributed by atoms with E-state index in [4.69, 9.17) is 0 Å². The van der Waals surface area contributed by atoms with Crippen molar-refractivity contribution < 1.29 is 9.59 Å². The molecule has 4 rings (SSSR count). The first-order valence-corrected chi connectivity index (χ1v) is 9.34. The quantitative estimate of drug-likeness (QED) is 0.685. The van der Waals surface area contributed by atoms with Crippen LogP contribution in [0.5, 0.6) is 0 Å². The van der Waals surface area contributed by atoms with Gasteiger partial charge in [0.25, 0.3) is 0 Å². The predicted octanol–water partition coefficient (Wildman–Crippen LogP) is 4.00. The largest absolute Gasteiger partial charge is 0.299 e. The molecule has 6 atom stereocenters.